The van der Waals surface area contributed by atoms with Gasteiger partial charge in [-0.3, -0.25) is 9.78 Å². The SMILES string of the molecule is Cc1nc(N(C)C)cc(N2CCN(C(=O)c3ccccn3)CC2)n1. The fraction of sp³-hybridized carbons (Fsp3) is 0.412. The fourth-order valence-electron chi connectivity index (χ4n) is 2.72. The first-order chi connectivity index (χ1) is 11.5. The van der Waals surface area contributed by atoms with Crippen LogP contribution < -0.4 is 9.80 Å². The number of amides is 1. The summed E-state index contributed by atoms with van der Waals surface area (Å²) in [5.41, 5.74) is 0.499. The average molecular weight is 326 g/mol. The van der Waals surface area contributed by atoms with E-state index in [1.807, 2.05) is 49.0 Å². The molecule has 7 nitrogen and oxygen atoms in total. The molecule has 0 radical (unpaired) electrons. The van der Waals surface area contributed by atoms with Crippen molar-refractivity contribution >= 4 is 17.5 Å². The average Bonchev–Trinajstić information content (AvgIpc) is 2.61. The maximum absolute atomic E-state index is 12.5. The summed E-state index contributed by atoms with van der Waals surface area (Å²) in [6, 6.07) is 7.40. The Balaban J connectivity index is 1.68. The lowest BCUT2D eigenvalue weighted by molar-refractivity contribution is 0.0740. The van der Waals surface area contributed by atoms with Crippen molar-refractivity contribution in [3.63, 3.8) is 0 Å². The normalized spacial score (nSPS) is 14.6. The van der Waals surface area contributed by atoms with Gasteiger partial charge in [0.15, 0.2) is 0 Å². The minimum atomic E-state index is -0.0110. The van der Waals surface area contributed by atoms with Gasteiger partial charge in [0.25, 0.3) is 5.91 Å². The molecule has 0 atom stereocenters. The van der Waals surface area contributed by atoms with E-state index in [2.05, 4.69) is 19.9 Å². The molecular weight excluding hydrogens is 304 g/mol. The largest absolute Gasteiger partial charge is 0.363 e. The molecular formula is C17H22N6O. The molecule has 2 aromatic rings. The van der Waals surface area contributed by atoms with Crippen LogP contribution in [0, 0.1) is 6.92 Å². The fourth-order valence-corrected chi connectivity index (χ4v) is 2.72. The second-order valence-electron chi connectivity index (χ2n) is 6.02. The van der Waals surface area contributed by atoms with Crippen LogP contribution in [-0.2, 0) is 0 Å². The number of anilines is 2. The van der Waals surface area contributed by atoms with E-state index in [0.717, 1.165) is 30.5 Å². The second kappa shape index (κ2) is 6.82. The Hall–Kier alpha value is -2.70. The number of hydrogen-bond acceptors (Lipinski definition) is 6. The summed E-state index contributed by atoms with van der Waals surface area (Å²) < 4.78 is 0. The molecule has 3 rings (SSSR count). The monoisotopic (exact) mass is 326 g/mol. The Bertz CT molecular complexity index is 710. The lowest BCUT2D eigenvalue weighted by Crippen LogP contribution is -2.49. The van der Waals surface area contributed by atoms with Gasteiger partial charge in [-0.05, 0) is 19.1 Å². The van der Waals surface area contributed by atoms with Gasteiger partial charge in [-0.2, -0.15) is 0 Å². The lowest BCUT2D eigenvalue weighted by atomic mass is 10.2. The molecule has 24 heavy (non-hydrogen) atoms. The van der Waals surface area contributed by atoms with Crippen molar-refractivity contribution in [2.45, 2.75) is 6.92 Å². The molecule has 1 amide bonds. The number of aryl methyl sites for hydroxylation is 1. The number of aromatic nitrogens is 3. The van der Waals surface area contributed by atoms with Crippen molar-refractivity contribution in [3.8, 4) is 0 Å². The smallest absolute Gasteiger partial charge is 0.272 e. The molecule has 2 aromatic heterocycles. The van der Waals surface area contributed by atoms with Crippen molar-refractivity contribution < 1.29 is 4.79 Å². The predicted octanol–water partition coefficient (Wildman–Crippen LogP) is 1.21. The van der Waals surface area contributed by atoms with Crippen LogP contribution in [-0.4, -0.2) is 66.0 Å². The third-order valence-electron chi connectivity index (χ3n) is 4.04. The molecule has 3 heterocycles. The second-order valence-corrected chi connectivity index (χ2v) is 6.02. The van der Waals surface area contributed by atoms with Gasteiger partial charge >= 0.3 is 0 Å². The van der Waals surface area contributed by atoms with Crippen LogP contribution in [0.15, 0.2) is 30.5 Å². The van der Waals surface area contributed by atoms with Gasteiger partial charge in [0.05, 0.1) is 0 Å². The highest BCUT2D eigenvalue weighted by Gasteiger charge is 2.24. The highest BCUT2D eigenvalue weighted by atomic mass is 16.2. The molecule has 1 fully saturated rings. The summed E-state index contributed by atoms with van der Waals surface area (Å²) in [7, 11) is 3.93. The zero-order valence-electron chi connectivity index (χ0n) is 14.3. The minimum absolute atomic E-state index is 0.0110. The molecule has 1 aliphatic heterocycles. The molecule has 0 bridgehead atoms. The zero-order valence-corrected chi connectivity index (χ0v) is 14.3. The maximum Gasteiger partial charge on any atom is 0.272 e. The van der Waals surface area contributed by atoms with E-state index in [1.165, 1.54) is 0 Å². The van der Waals surface area contributed by atoms with Gasteiger partial charge in [0.1, 0.15) is 23.2 Å². The van der Waals surface area contributed by atoms with Crippen LogP contribution >= 0.6 is 0 Å². The van der Waals surface area contributed by atoms with Gasteiger partial charge in [-0.1, -0.05) is 6.07 Å². The number of nitrogens with zero attached hydrogens (tertiary/aromatic N) is 6. The molecule has 0 aromatic carbocycles. The van der Waals surface area contributed by atoms with E-state index in [9.17, 15) is 4.79 Å². The molecule has 0 aliphatic carbocycles. The van der Waals surface area contributed by atoms with Crippen molar-refractivity contribution in [1.29, 1.82) is 0 Å². The van der Waals surface area contributed by atoms with Gasteiger partial charge in [0, 0.05) is 52.5 Å². The van der Waals surface area contributed by atoms with Gasteiger partial charge < -0.3 is 14.7 Å². The zero-order chi connectivity index (χ0) is 17.1. The standard InChI is InChI=1S/C17H22N6O/c1-13-19-15(21(2)3)12-16(20-13)22-8-10-23(11-9-22)17(24)14-6-4-5-7-18-14/h4-7,12H,8-11H2,1-3H3. The molecule has 0 spiro atoms. The van der Waals surface area contributed by atoms with E-state index >= 15 is 0 Å². The summed E-state index contributed by atoms with van der Waals surface area (Å²) in [5.74, 6) is 2.55. The predicted molar refractivity (Wildman–Crippen MR) is 93.4 cm³/mol. The topological polar surface area (TPSA) is 65.5 Å². The highest BCUT2D eigenvalue weighted by molar-refractivity contribution is 5.92. The van der Waals surface area contributed by atoms with Gasteiger partial charge in [-0.25, -0.2) is 9.97 Å². The highest BCUT2D eigenvalue weighted by Crippen LogP contribution is 2.19. The summed E-state index contributed by atoms with van der Waals surface area (Å²) in [6.07, 6.45) is 1.65. The Morgan fingerprint density at radius 1 is 1.12 bits per heavy atom. The Morgan fingerprint density at radius 3 is 2.50 bits per heavy atom. The van der Waals surface area contributed by atoms with Crippen molar-refractivity contribution in [1.82, 2.24) is 19.9 Å². The minimum Gasteiger partial charge on any atom is -0.363 e. The van der Waals surface area contributed by atoms with Gasteiger partial charge in [0.2, 0.25) is 0 Å². The van der Waals surface area contributed by atoms with Gasteiger partial charge in [-0.15, -0.1) is 0 Å². The van der Waals surface area contributed by atoms with E-state index in [0.29, 0.717) is 18.8 Å². The summed E-state index contributed by atoms with van der Waals surface area (Å²) >= 11 is 0. The number of hydrogen-bond donors (Lipinski definition) is 0. The number of rotatable bonds is 3. The van der Waals surface area contributed by atoms with Crippen LogP contribution in [0.3, 0.4) is 0 Å². The first-order valence-electron chi connectivity index (χ1n) is 8.03. The van der Waals surface area contributed by atoms with Crippen molar-refractivity contribution in [3.05, 3.63) is 42.0 Å². The maximum atomic E-state index is 12.5. The number of piperazine rings is 1. The number of carbonyl (C=O) groups excluding carboxylic acids is 1. The van der Waals surface area contributed by atoms with Crippen molar-refractivity contribution in [2.24, 2.45) is 0 Å². The van der Waals surface area contributed by atoms with E-state index in [4.69, 9.17) is 0 Å². The molecule has 1 saturated heterocycles. The van der Waals surface area contributed by atoms with E-state index < -0.39 is 0 Å². The molecule has 0 N–H and O–H groups in total. The quantitative estimate of drug-likeness (QED) is 0.845. The molecule has 126 valence electrons. The molecule has 1 aliphatic rings. The summed E-state index contributed by atoms with van der Waals surface area (Å²) in [6.45, 7) is 4.73. The van der Waals surface area contributed by atoms with E-state index in [1.54, 1.807) is 12.3 Å². The Kier molecular flexibility index (Phi) is 4.59. The first kappa shape index (κ1) is 16.2. The number of pyridine rings is 1. The summed E-state index contributed by atoms with van der Waals surface area (Å²) in [4.78, 5) is 31.6. The molecule has 0 saturated carbocycles. The van der Waals surface area contributed by atoms with Crippen LogP contribution in [0.2, 0.25) is 0 Å². The van der Waals surface area contributed by atoms with Crippen LogP contribution in [0.25, 0.3) is 0 Å². The van der Waals surface area contributed by atoms with Crippen LogP contribution in [0.5, 0.6) is 0 Å². The Morgan fingerprint density at radius 2 is 1.88 bits per heavy atom. The van der Waals surface area contributed by atoms with Crippen LogP contribution in [0.4, 0.5) is 11.6 Å². The van der Waals surface area contributed by atoms with E-state index in [-0.39, 0.29) is 5.91 Å². The van der Waals surface area contributed by atoms with Crippen LogP contribution in [0.1, 0.15) is 16.3 Å². The first-order valence-corrected chi connectivity index (χ1v) is 8.03. The molecule has 0 unspecified atom stereocenters. The Labute approximate surface area is 142 Å². The van der Waals surface area contributed by atoms with Crippen molar-refractivity contribution in [2.75, 3.05) is 50.1 Å². The third-order valence-corrected chi connectivity index (χ3v) is 4.04. The summed E-state index contributed by atoms with van der Waals surface area (Å²) in [5, 5.41) is 0. The lowest BCUT2D eigenvalue weighted by Gasteiger charge is -2.35. The third kappa shape index (κ3) is 3.45. The molecule has 7 heteroatoms. The number of carbonyl (C=O) groups is 1.